The normalized spacial score (nSPS) is 18.2. The number of carbonyl (C=O) groups excluding carboxylic acids is 2. The molecule has 8 heteroatoms. The van der Waals surface area contributed by atoms with Crippen LogP contribution in [0.2, 0.25) is 0 Å². The average Bonchev–Trinajstić information content (AvgIpc) is 2.54. The van der Waals surface area contributed by atoms with Gasteiger partial charge < -0.3 is 19.7 Å². The van der Waals surface area contributed by atoms with Gasteiger partial charge in [0, 0.05) is 19.6 Å². The average molecular weight is 294 g/mol. The third kappa shape index (κ3) is 3.46. The molecule has 0 spiro atoms. The van der Waals surface area contributed by atoms with Crippen LogP contribution >= 0.6 is 0 Å². The maximum atomic E-state index is 12.0. The molecule has 0 aromatic carbocycles. The van der Waals surface area contributed by atoms with E-state index in [2.05, 4.69) is 20.3 Å². The Bertz CT molecular complexity index is 505. The van der Waals surface area contributed by atoms with Crippen LogP contribution in [0, 0.1) is 0 Å². The van der Waals surface area contributed by atoms with Gasteiger partial charge in [0.25, 0.3) is 0 Å². The van der Waals surface area contributed by atoms with Crippen LogP contribution in [0.25, 0.3) is 0 Å². The summed E-state index contributed by atoms with van der Waals surface area (Å²) in [5.74, 6) is -0.318. The van der Waals surface area contributed by atoms with E-state index in [-0.39, 0.29) is 11.7 Å². The summed E-state index contributed by atoms with van der Waals surface area (Å²) in [7, 11) is 1.28. The number of piperazine rings is 1. The number of hydrogen-bond acceptors (Lipinski definition) is 8. The van der Waals surface area contributed by atoms with Crippen molar-refractivity contribution in [2.45, 2.75) is 13.0 Å². The molecule has 1 aliphatic heterocycles. The Labute approximate surface area is 122 Å². The van der Waals surface area contributed by atoms with Crippen LogP contribution in [-0.4, -0.2) is 61.5 Å². The number of methoxy groups -OCH3 is 1. The number of rotatable bonds is 4. The number of nitrogens with one attached hydrogen (secondary N) is 1. The molecule has 1 aliphatic rings. The number of nitrogens with zero attached hydrogens (tertiary/aromatic N) is 3. The summed E-state index contributed by atoms with van der Waals surface area (Å²) in [6.45, 7) is 3.92. The summed E-state index contributed by atoms with van der Waals surface area (Å²) in [6, 6.07) is 2.73. The van der Waals surface area contributed by atoms with Gasteiger partial charge in [0.15, 0.2) is 11.5 Å². The quantitative estimate of drug-likeness (QED) is 0.750. The van der Waals surface area contributed by atoms with E-state index in [1.54, 1.807) is 13.0 Å². The molecule has 0 aliphatic carbocycles. The van der Waals surface area contributed by atoms with Crippen molar-refractivity contribution >= 4 is 17.8 Å². The van der Waals surface area contributed by atoms with E-state index >= 15 is 0 Å². The molecule has 1 atom stereocenters. The zero-order valence-electron chi connectivity index (χ0n) is 12.0. The minimum atomic E-state index is -0.545. The van der Waals surface area contributed by atoms with Crippen molar-refractivity contribution in [1.29, 1.82) is 0 Å². The largest absolute Gasteiger partial charge is 0.464 e. The predicted molar refractivity (Wildman–Crippen MR) is 74.0 cm³/mol. The van der Waals surface area contributed by atoms with Crippen molar-refractivity contribution in [2.24, 2.45) is 0 Å². The zero-order chi connectivity index (χ0) is 15.2. The van der Waals surface area contributed by atoms with Crippen molar-refractivity contribution in [3.05, 3.63) is 17.8 Å². The van der Waals surface area contributed by atoms with Gasteiger partial charge in [0.1, 0.15) is 6.04 Å². The van der Waals surface area contributed by atoms with Crippen LogP contribution in [0.5, 0.6) is 0 Å². The summed E-state index contributed by atoms with van der Waals surface area (Å²) in [5.41, 5.74) is 0.129. The first kappa shape index (κ1) is 15.2. The lowest BCUT2D eigenvalue weighted by molar-refractivity contribution is -0.144. The van der Waals surface area contributed by atoms with Gasteiger partial charge in [-0.05, 0) is 19.1 Å². The molecule has 0 bridgehead atoms. The van der Waals surface area contributed by atoms with E-state index in [1.165, 1.54) is 13.2 Å². The molecule has 2 heterocycles. The second kappa shape index (κ2) is 6.98. The summed E-state index contributed by atoms with van der Waals surface area (Å²) in [4.78, 5) is 25.1. The lowest BCUT2D eigenvalue weighted by Gasteiger charge is -2.34. The Morgan fingerprint density at radius 1 is 1.43 bits per heavy atom. The number of esters is 2. The molecule has 1 aromatic rings. The van der Waals surface area contributed by atoms with E-state index in [4.69, 9.17) is 4.74 Å². The molecule has 21 heavy (non-hydrogen) atoms. The highest BCUT2D eigenvalue weighted by Crippen LogP contribution is 2.16. The third-order valence-corrected chi connectivity index (χ3v) is 3.14. The van der Waals surface area contributed by atoms with Gasteiger partial charge in [-0.2, -0.15) is 0 Å². The minimum absolute atomic E-state index is 0.129. The number of hydrogen-bond donors (Lipinski definition) is 1. The number of anilines is 1. The molecule has 2 rings (SSSR count). The first-order chi connectivity index (χ1) is 10.2. The van der Waals surface area contributed by atoms with E-state index in [9.17, 15) is 9.59 Å². The van der Waals surface area contributed by atoms with E-state index in [0.717, 1.165) is 6.54 Å². The zero-order valence-corrected chi connectivity index (χ0v) is 12.0. The summed E-state index contributed by atoms with van der Waals surface area (Å²) in [5, 5.41) is 11.0. The van der Waals surface area contributed by atoms with E-state index in [1.807, 2.05) is 4.90 Å². The number of ether oxygens (including phenoxy) is 2. The van der Waals surface area contributed by atoms with Crippen molar-refractivity contribution in [3.8, 4) is 0 Å². The molecular formula is C13H18N4O4. The maximum absolute atomic E-state index is 12.0. The van der Waals surface area contributed by atoms with Crippen molar-refractivity contribution in [3.63, 3.8) is 0 Å². The van der Waals surface area contributed by atoms with Crippen molar-refractivity contribution < 1.29 is 19.1 Å². The molecule has 1 fully saturated rings. The summed E-state index contributed by atoms with van der Waals surface area (Å²) in [6.07, 6.45) is 0. The molecule has 0 radical (unpaired) electrons. The molecule has 1 unspecified atom stereocenters. The standard InChI is InChI=1S/C13H18N4O4/c1-3-21-13(19)10-8-14-6-7-17(10)11-5-4-9(15-16-11)12(18)20-2/h4-5,10,14H,3,6-8H2,1-2H3. The second-order valence-corrected chi connectivity index (χ2v) is 4.43. The van der Waals surface area contributed by atoms with Gasteiger partial charge in [-0.25, -0.2) is 9.59 Å². The molecule has 0 saturated carbocycles. The molecule has 8 nitrogen and oxygen atoms in total. The van der Waals surface area contributed by atoms with Crippen molar-refractivity contribution in [2.75, 3.05) is 38.3 Å². The Balaban J connectivity index is 2.17. The molecule has 1 N–H and O–H groups in total. The Morgan fingerprint density at radius 2 is 2.24 bits per heavy atom. The van der Waals surface area contributed by atoms with Crippen LogP contribution < -0.4 is 10.2 Å². The van der Waals surface area contributed by atoms with Crippen molar-refractivity contribution in [1.82, 2.24) is 15.5 Å². The maximum Gasteiger partial charge on any atom is 0.358 e. The first-order valence-corrected chi connectivity index (χ1v) is 6.73. The van der Waals surface area contributed by atoms with Gasteiger partial charge >= 0.3 is 11.9 Å². The molecular weight excluding hydrogens is 276 g/mol. The number of carbonyl (C=O) groups is 2. The highest BCUT2D eigenvalue weighted by molar-refractivity contribution is 5.87. The highest BCUT2D eigenvalue weighted by Gasteiger charge is 2.31. The monoisotopic (exact) mass is 294 g/mol. The van der Waals surface area contributed by atoms with E-state index < -0.39 is 12.0 Å². The minimum Gasteiger partial charge on any atom is -0.464 e. The van der Waals surface area contributed by atoms with Crippen LogP contribution in [0.3, 0.4) is 0 Å². The van der Waals surface area contributed by atoms with Gasteiger partial charge in [-0.15, -0.1) is 10.2 Å². The van der Waals surface area contributed by atoms with Gasteiger partial charge in [0.05, 0.1) is 13.7 Å². The van der Waals surface area contributed by atoms with E-state index in [0.29, 0.717) is 25.5 Å². The van der Waals surface area contributed by atoms with Gasteiger partial charge in [0.2, 0.25) is 0 Å². The van der Waals surface area contributed by atoms with Gasteiger partial charge in [-0.3, -0.25) is 0 Å². The molecule has 114 valence electrons. The second-order valence-electron chi connectivity index (χ2n) is 4.43. The van der Waals surface area contributed by atoms with Gasteiger partial charge in [-0.1, -0.05) is 0 Å². The predicted octanol–water partition coefficient (Wildman–Crippen LogP) is -0.395. The number of aromatic nitrogens is 2. The smallest absolute Gasteiger partial charge is 0.358 e. The van der Waals surface area contributed by atoms with Crippen LogP contribution in [-0.2, 0) is 14.3 Å². The molecule has 1 saturated heterocycles. The summed E-state index contributed by atoms with van der Waals surface area (Å²) < 4.78 is 9.64. The Morgan fingerprint density at radius 3 is 2.86 bits per heavy atom. The fourth-order valence-electron chi connectivity index (χ4n) is 2.12. The Hall–Kier alpha value is -2.22. The fourth-order valence-corrected chi connectivity index (χ4v) is 2.12. The lowest BCUT2D eigenvalue weighted by atomic mass is 10.2. The fraction of sp³-hybridized carbons (Fsp3) is 0.538. The topological polar surface area (TPSA) is 93.7 Å². The van der Waals surface area contributed by atoms with Crippen LogP contribution in [0.15, 0.2) is 12.1 Å². The third-order valence-electron chi connectivity index (χ3n) is 3.14. The van der Waals surface area contributed by atoms with Crippen LogP contribution in [0.1, 0.15) is 17.4 Å². The molecule has 0 amide bonds. The highest BCUT2D eigenvalue weighted by atomic mass is 16.5. The van der Waals surface area contributed by atoms with Crippen LogP contribution in [0.4, 0.5) is 5.82 Å². The summed E-state index contributed by atoms with van der Waals surface area (Å²) >= 11 is 0. The lowest BCUT2D eigenvalue weighted by Crippen LogP contribution is -2.56. The first-order valence-electron chi connectivity index (χ1n) is 6.73. The molecule has 1 aromatic heterocycles. The SMILES string of the molecule is CCOC(=O)C1CNCCN1c1ccc(C(=O)OC)nn1. The Kier molecular flexibility index (Phi) is 5.04.